The van der Waals surface area contributed by atoms with Crippen molar-refractivity contribution in [2.45, 2.75) is 12.3 Å². The number of aliphatic hydroxyl groups is 1. The third-order valence-corrected chi connectivity index (χ3v) is 1.60. The van der Waals surface area contributed by atoms with E-state index in [0.29, 0.717) is 0 Å². The maximum atomic E-state index is 11.8. The highest BCUT2D eigenvalue weighted by atomic mass is 79.9. The smallest absolute Gasteiger partial charge is 0.421 e. The van der Waals surface area contributed by atoms with Gasteiger partial charge in [0.25, 0.3) is 0 Å². The van der Waals surface area contributed by atoms with E-state index in [2.05, 4.69) is 20.3 Å². The molecule has 0 aliphatic carbocycles. The summed E-state index contributed by atoms with van der Waals surface area (Å²) in [6.07, 6.45) is -7.24. The average molecular weight is 245 g/mol. The maximum absolute atomic E-state index is 11.8. The Bertz CT molecular complexity index is 268. The van der Waals surface area contributed by atoms with E-state index in [1.807, 2.05) is 0 Å². The van der Waals surface area contributed by atoms with Gasteiger partial charge in [0, 0.05) is 0 Å². The van der Waals surface area contributed by atoms with Gasteiger partial charge in [0.2, 0.25) is 6.10 Å². The lowest BCUT2D eigenvalue weighted by atomic mass is 10.3. The molecule has 0 radical (unpaired) electrons. The van der Waals surface area contributed by atoms with Crippen LogP contribution in [-0.2, 0) is 0 Å². The first-order valence-corrected chi connectivity index (χ1v) is 3.70. The molecule has 1 aromatic rings. The molecule has 12 heavy (non-hydrogen) atoms. The molecule has 1 aromatic heterocycles. The van der Waals surface area contributed by atoms with E-state index in [1.54, 1.807) is 0 Å². The van der Waals surface area contributed by atoms with Crippen molar-refractivity contribution in [1.29, 1.82) is 0 Å². The van der Waals surface area contributed by atoms with Gasteiger partial charge in [0.05, 0.1) is 0 Å². The van der Waals surface area contributed by atoms with Gasteiger partial charge in [-0.05, 0) is 28.1 Å². The highest BCUT2D eigenvalue weighted by molar-refractivity contribution is 9.10. The van der Waals surface area contributed by atoms with E-state index in [1.165, 1.54) is 6.07 Å². The second kappa shape index (κ2) is 3.10. The van der Waals surface area contributed by atoms with Crippen LogP contribution in [0.15, 0.2) is 21.2 Å². The molecule has 0 saturated carbocycles. The van der Waals surface area contributed by atoms with E-state index in [4.69, 9.17) is 5.11 Å². The van der Waals surface area contributed by atoms with Crippen molar-refractivity contribution in [2.24, 2.45) is 0 Å². The highest BCUT2D eigenvalue weighted by Crippen LogP contribution is 2.33. The topological polar surface area (TPSA) is 33.4 Å². The van der Waals surface area contributed by atoms with Crippen molar-refractivity contribution in [1.82, 2.24) is 0 Å². The minimum atomic E-state index is -4.68. The summed E-state index contributed by atoms with van der Waals surface area (Å²) >= 11 is 2.82. The minimum Gasteiger partial charge on any atom is -0.451 e. The molecule has 1 N–H and O–H groups in total. The van der Waals surface area contributed by atoms with E-state index < -0.39 is 18.0 Å². The van der Waals surface area contributed by atoms with Gasteiger partial charge in [0.1, 0.15) is 5.76 Å². The van der Waals surface area contributed by atoms with Gasteiger partial charge in [0.15, 0.2) is 4.67 Å². The number of aliphatic hydroxyl groups excluding tert-OH is 1. The molecule has 0 fully saturated rings. The third-order valence-electron chi connectivity index (χ3n) is 1.17. The first-order chi connectivity index (χ1) is 5.41. The summed E-state index contributed by atoms with van der Waals surface area (Å²) in [6.45, 7) is 0. The van der Waals surface area contributed by atoms with E-state index in [9.17, 15) is 13.2 Å². The molecule has 0 aliphatic rings. The molecule has 0 saturated heterocycles. The maximum Gasteiger partial charge on any atom is 0.421 e. The van der Waals surface area contributed by atoms with E-state index in [-0.39, 0.29) is 4.67 Å². The first-order valence-electron chi connectivity index (χ1n) is 2.91. The quantitative estimate of drug-likeness (QED) is 0.824. The Balaban J connectivity index is 2.85. The van der Waals surface area contributed by atoms with Crippen LogP contribution in [0, 0.1) is 0 Å². The Hall–Kier alpha value is -0.490. The molecule has 0 bridgehead atoms. The van der Waals surface area contributed by atoms with Crippen LogP contribution < -0.4 is 0 Å². The zero-order valence-corrected chi connectivity index (χ0v) is 7.19. The van der Waals surface area contributed by atoms with Gasteiger partial charge >= 0.3 is 6.18 Å². The van der Waals surface area contributed by atoms with E-state index >= 15 is 0 Å². The zero-order chi connectivity index (χ0) is 9.35. The van der Waals surface area contributed by atoms with Crippen LogP contribution in [0.5, 0.6) is 0 Å². The Morgan fingerprint density at radius 2 is 2.00 bits per heavy atom. The summed E-state index contributed by atoms with van der Waals surface area (Å²) in [6, 6.07) is 2.34. The van der Waals surface area contributed by atoms with Gasteiger partial charge < -0.3 is 9.52 Å². The molecule has 68 valence electrons. The predicted molar refractivity (Wildman–Crippen MR) is 37.4 cm³/mol. The van der Waals surface area contributed by atoms with Crippen molar-refractivity contribution >= 4 is 15.9 Å². The Kier molecular flexibility index (Phi) is 2.48. The first kappa shape index (κ1) is 9.60. The van der Waals surface area contributed by atoms with Crippen LogP contribution in [-0.4, -0.2) is 11.3 Å². The number of rotatable bonds is 1. The summed E-state index contributed by atoms with van der Waals surface area (Å²) in [5.41, 5.74) is 0. The molecule has 1 rings (SSSR count). The lowest BCUT2D eigenvalue weighted by molar-refractivity contribution is -0.211. The van der Waals surface area contributed by atoms with Crippen LogP contribution in [0.3, 0.4) is 0 Å². The van der Waals surface area contributed by atoms with E-state index in [0.717, 1.165) is 6.07 Å². The average Bonchev–Trinajstić information content (AvgIpc) is 2.32. The number of halogens is 4. The normalized spacial score (nSPS) is 14.8. The van der Waals surface area contributed by atoms with Crippen LogP contribution in [0.25, 0.3) is 0 Å². The summed E-state index contributed by atoms with van der Waals surface area (Å²) < 4.78 is 40.1. The Labute approximate surface area is 74.1 Å². The molecule has 0 aromatic carbocycles. The van der Waals surface area contributed by atoms with Crippen molar-refractivity contribution in [3.05, 3.63) is 22.6 Å². The minimum absolute atomic E-state index is 0.154. The van der Waals surface area contributed by atoms with Gasteiger partial charge in [-0.15, -0.1) is 0 Å². The molecule has 1 heterocycles. The number of alkyl halides is 3. The fraction of sp³-hybridized carbons (Fsp3) is 0.333. The van der Waals surface area contributed by atoms with Gasteiger partial charge in [-0.1, -0.05) is 0 Å². The summed E-state index contributed by atoms with van der Waals surface area (Å²) in [7, 11) is 0. The lowest BCUT2D eigenvalue weighted by Crippen LogP contribution is -2.19. The van der Waals surface area contributed by atoms with Gasteiger partial charge in [-0.3, -0.25) is 0 Å². The molecule has 2 nitrogen and oxygen atoms in total. The molecule has 0 aliphatic heterocycles. The molecular weight excluding hydrogens is 241 g/mol. The highest BCUT2D eigenvalue weighted by Gasteiger charge is 2.41. The third kappa shape index (κ3) is 2.01. The van der Waals surface area contributed by atoms with Crippen molar-refractivity contribution in [3.63, 3.8) is 0 Å². The van der Waals surface area contributed by atoms with Crippen molar-refractivity contribution in [2.75, 3.05) is 0 Å². The largest absolute Gasteiger partial charge is 0.451 e. The molecular formula is C6H4BrF3O2. The molecule has 6 heteroatoms. The lowest BCUT2D eigenvalue weighted by Gasteiger charge is -2.10. The van der Waals surface area contributed by atoms with Crippen LogP contribution in [0.1, 0.15) is 11.9 Å². The fourth-order valence-corrected chi connectivity index (χ4v) is 0.956. The second-order valence-corrected chi connectivity index (χ2v) is 2.87. The summed E-state index contributed by atoms with van der Waals surface area (Å²) in [5, 5.41) is 8.63. The Morgan fingerprint density at radius 3 is 2.33 bits per heavy atom. The summed E-state index contributed by atoms with van der Waals surface area (Å²) in [4.78, 5) is 0. The van der Waals surface area contributed by atoms with Crippen LogP contribution >= 0.6 is 15.9 Å². The van der Waals surface area contributed by atoms with Gasteiger partial charge in [-0.2, -0.15) is 13.2 Å². The SMILES string of the molecule is O[C@H](c1ccc(Br)o1)C(F)(F)F. The van der Waals surface area contributed by atoms with Crippen LogP contribution in [0.2, 0.25) is 0 Å². The number of furan rings is 1. The van der Waals surface area contributed by atoms with Gasteiger partial charge in [-0.25, -0.2) is 0 Å². The standard InChI is InChI=1S/C6H4BrF3O2/c7-4-2-1-3(12-4)5(11)6(8,9)10/h1-2,5,11H/t5-/m1/s1. The van der Waals surface area contributed by atoms with Crippen molar-refractivity contribution in [3.8, 4) is 0 Å². The number of hydrogen-bond acceptors (Lipinski definition) is 2. The molecule has 0 spiro atoms. The number of hydrogen-bond donors (Lipinski definition) is 1. The monoisotopic (exact) mass is 244 g/mol. The molecule has 1 atom stereocenters. The zero-order valence-electron chi connectivity index (χ0n) is 5.60. The van der Waals surface area contributed by atoms with Crippen molar-refractivity contribution < 1.29 is 22.7 Å². The Morgan fingerprint density at radius 1 is 1.42 bits per heavy atom. The molecule has 0 amide bonds. The fourth-order valence-electron chi connectivity index (χ4n) is 0.637. The predicted octanol–water partition coefficient (Wildman–Crippen LogP) is 2.64. The molecule has 0 unspecified atom stereocenters. The second-order valence-electron chi connectivity index (χ2n) is 2.09. The van der Waals surface area contributed by atoms with Crippen LogP contribution in [0.4, 0.5) is 13.2 Å². The summed E-state index contributed by atoms with van der Waals surface area (Å²) in [5.74, 6) is -0.519.